The summed E-state index contributed by atoms with van der Waals surface area (Å²) in [5.74, 6) is 0.641. The second kappa shape index (κ2) is 8.12. The van der Waals surface area contributed by atoms with E-state index in [1.165, 1.54) is 0 Å². The maximum Gasteiger partial charge on any atom is 0.226 e. The van der Waals surface area contributed by atoms with Crippen molar-refractivity contribution in [1.29, 1.82) is 0 Å². The summed E-state index contributed by atoms with van der Waals surface area (Å²) in [4.78, 5) is 24.0. The molecule has 0 unspecified atom stereocenters. The molecule has 2 aromatic heterocycles. The molecule has 0 aliphatic rings. The van der Waals surface area contributed by atoms with Gasteiger partial charge < -0.3 is 15.1 Å². The maximum absolute atomic E-state index is 12.3. The first-order valence-corrected chi connectivity index (χ1v) is 13.0. The lowest BCUT2D eigenvalue weighted by molar-refractivity contribution is -0.116. The average Bonchev–Trinajstić information content (AvgIpc) is 3.08. The van der Waals surface area contributed by atoms with Crippen LogP contribution in [0.5, 0.6) is 0 Å². The highest BCUT2D eigenvalue weighted by Gasteiger charge is 2.36. The Labute approximate surface area is 172 Å². The van der Waals surface area contributed by atoms with Crippen LogP contribution < -0.4 is 11.1 Å². The molecule has 29 heavy (non-hydrogen) atoms. The van der Waals surface area contributed by atoms with E-state index in [2.05, 4.69) is 54.1 Å². The zero-order chi connectivity index (χ0) is 21.2. The molecule has 0 fully saturated rings. The molecule has 8 heteroatoms. The van der Waals surface area contributed by atoms with Crippen molar-refractivity contribution in [3.05, 3.63) is 24.4 Å². The number of carbonyl (C=O) groups is 1. The van der Waals surface area contributed by atoms with Gasteiger partial charge in [0.25, 0.3) is 0 Å². The third-order valence-corrected chi connectivity index (χ3v) is 10.3. The molecule has 0 saturated carbocycles. The van der Waals surface area contributed by atoms with Gasteiger partial charge >= 0.3 is 0 Å². The van der Waals surface area contributed by atoms with E-state index in [0.717, 1.165) is 34.6 Å². The Kier molecular flexibility index (Phi) is 5.95. The standard InChI is InChI=1S/C21H31N5O2Si/c1-21(2,3)29(4,5)28-13-7-6-8-17(27)25-20-24-16-10-9-15-14(11-12-23-15)18(16)19(22)26-20/h9-12H,6-8,13,22H2,1-5H3,(H2,24,25,26,27). The second-order valence-corrected chi connectivity index (χ2v) is 13.8. The molecule has 7 nitrogen and oxygen atoms in total. The van der Waals surface area contributed by atoms with Gasteiger partial charge in [0.15, 0.2) is 8.32 Å². The molecule has 3 rings (SSSR count). The molecule has 1 amide bonds. The summed E-state index contributed by atoms with van der Waals surface area (Å²) in [6.07, 6.45) is 3.79. The summed E-state index contributed by atoms with van der Waals surface area (Å²) in [5.41, 5.74) is 7.84. The second-order valence-electron chi connectivity index (χ2n) is 8.95. The van der Waals surface area contributed by atoms with Gasteiger partial charge in [0, 0.05) is 30.0 Å². The Hall–Kier alpha value is -2.45. The fourth-order valence-corrected chi connectivity index (χ4v) is 4.07. The predicted molar refractivity (Wildman–Crippen MR) is 121 cm³/mol. The SMILES string of the molecule is CC(C)(C)[Si](C)(C)OCCCCC(=O)Nc1nc(N)c2c(ccc3nccc32)[nH]1. The number of fused-ring (bicyclic) bond motifs is 3. The van der Waals surface area contributed by atoms with Crippen LogP contribution in [-0.2, 0) is 9.22 Å². The van der Waals surface area contributed by atoms with E-state index in [9.17, 15) is 4.79 Å². The number of nitrogens with zero attached hydrogens (tertiary/aromatic N) is 2. The number of carbonyl (C=O) groups excluding carboxylic acids is 1. The Balaban J connectivity index is 1.54. The number of rotatable bonds is 7. The summed E-state index contributed by atoms with van der Waals surface area (Å²) < 4.78 is 6.15. The lowest BCUT2D eigenvalue weighted by atomic mass is 10.1. The van der Waals surface area contributed by atoms with Crippen molar-refractivity contribution in [3.63, 3.8) is 0 Å². The minimum Gasteiger partial charge on any atom is -0.417 e. The van der Waals surface area contributed by atoms with Crippen LogP contribution in [0.3, 0.4) is 0 Å². The lowest BCUT2D eigenvalue weighted by Gasteiger charge is -2.36. The highest BCUT2D eigenvalue weighted by atomic mass is 28.4. The number of H-pyrrole nitrogens is 1. The van der Waals surface area contributed by atoms with Crippen LogP contribution in [0, 0.1) is 0 Å². The number of nitrogen functional groups attached to an aromatic ring is 1. The monoisotopic (exact) mass is 413 g/mol. The Morgan fingerprint density at radius 1 is 1.24 bits per heavy atom. The molecule has 0 bridgehead atoms. The van der Waals surface area contributed by atoms with Crippen LogP contribution >= 0.6 is 0 Å². The van der Waals surface area contributed by atoms with Crippen molar-refractivity contribution in [1.82, 2.24) is 15.0 Å². The first-order valence-electron chi connectivity index (χ1n) is 10.1. The van der Waals surface area contributed by atoms with E-state index < -0.39 is 8.32 Å². The van der Waals surface area contributed by atoms with Crippen molar-refractivity contribution in [2.75, 3.05) is 17.7 Å². The van der Waals surface area contributed by atoms with Crippen LogP contribution in [0.1, 0.15) is 40.0 Å². The van der Waals surface area contributed by atoms with E-state index in [1.807, 2.05) is 18.2 Å². The van der Waals surface area contributed by atoms with Crippen molar-refractivity contribution >= 4 is 47.8 Å². The zero-order valence-electron chi connectivity index (χ0n) is 17.9. The number of aromatic nitrogens is 3. The minimum absolute atomic E-state index is 0.0871. The molecule has 1 aromatic carbocycles. The zero-order valence-corrected chi connectivity index (χ0v) is 18.9. The van der Waals surface area contributed by atoms with Gasteiger partial charge in [-0.25, -0.2) is 0 Å². The number of nitrogens with one attached hydrogen (secondary N) is 2. The number of anilines is 2. The topological polar surface area (TPSA) is 106 Å². The molecule has 0 saturated heterocycles. The van der Waals surface area contributed by atoms with Gasteiger partial charge in [0.2, 0.25) is 11.9 Å². The van der Waals surface area contributed by atoms with E-state index in [1.54, 1.807) is 6.20 Å². The van der Waals surface area contributed by atoms with Crippen LogP contribution in [0.25, 0.3) is 21.8 Å². The maximum atomic E-state index is 12.3. The third-order valence-electron chi connectivity index (χ3n) is 5.74. The van der Waals surface area contributed by atoms with Crippen LogP contribution in [0.4, 0.5) is 11.8 Å². The molecule has 156 valence electrons. The average molecular weight is 414 g/mol. The number of nitrogens with two attached hydrogens (primary N) is 1. The summed E-state index contributed by atoms with van der Waals surface area (Å²) in [6, 6.07) is 5.73. The van der Waals surface area contributed by atoms with Gasteiger partial charge in [0.1, 0.15) is 5.82 Å². The van der Waals surface area contributed by atoms with Gasteiger partial charge in [0.05, 0.1) is 11.0 Å². The first kappa shape index (κ1) is 21.3. The largest absolute Gasteiger partial charge is 0.417 e. The van der Waals surface area contributed by atoms with Crippen LogP contribution in [0.2, 0.25) is 18.1 Å². The molecule has 0 aliphatic heterocycles. The Morgan fingerprint density at radius 2 is 2.00 bits per heavy atom. The quantitative estimate of drug-likeness (QED) is 0.380. The lowest BCUT2D eigenvalue weighted by Crippen LogP contribution is -2.40. The van der Waals surface area contributed by atoms with E-state index in [4.69, 9.17) is 10.2 Å². The number of benzene rings is 1. The third kappa shape index (κ3) is 4.76. The molecule has 0 aliphatic carbocycles. The predicted octanol–water partition coefficient (Wildman–Crippen LogP) is 4.82. The van der Waals surface area contributed by atoms with Crippen molar-refractivity contribution in [3.8, 4) is 0 Å². The Bertz CT molecular complexity index is 1020. The fraction of sp³-hybridized carbons (Fsp3) is 0.476. The molecular formula is C21H31N5O2Si. The van der Waals surface area contributed by atoms with Crippen LogP contribution in [0.15, 0.2) is 24.4 Å². The van der Waals surface area contributed by atoms with E-state index >= 15 is 0 Å². The summed E-state index contributed by atoms with van der Waals surface area (Å²) in [7, 11) is -1.72. The highest BCUT2D eigenvalue weighted by Crippen LogP contribution is 2.36. The first-order chi connectivity index (χ1) is 13.6. The van der Waals surface area contributed by atoms with Gasteiger partial charge in [-0.3, -0.25) is 15.1 Å². The minimum atomic E-state index is -1.72. The summed E-state index contributed by atoms with van der Waals surface area (Å²) >= 11 is 0. The van der Waals surface area contributed by atoms with Crippen LogP contribution in [-0.4, -0.2) is 35.8 Å². The van der Waals surface area contributed by atoms with Gasteiger partial charge in [-0.15, -0.1) is 0 Å². The van der Waals surface area contributed by atoms with Crippen molar-refractivity contribution < 1.29 is 9.22 Å². The Morgan fingerprint density at radius 3 is 2.72 bits per heavy atom. The number of amides is 1. The van der Waals surface area contributed by atoms with Crippen molar-refractivity contribution in [2.24, 2.45) is 0 Å². The van der Waals surface area contributed by atoms with Gasteiger partial charge in [-0.1, -0.05) is 20.8 Å². The van der Waals surface area contributed by atoms with Gasteiger partial charge in [-0.2, -0.15) is 4.98 Å². The number of unbranched alkanes of at least 4 members (excludes halogenated alkanes) is 1. The number of aromatic amines is 1. The molecule has 3 aromatic rings. The van der Waals surface area contributed by atoms with Gasteiger partial charge in [-0.05, 0) is 49.2 Å². The number of hydrogen-bond acceptors (Lipinski definition) is 5. The molecule has 0 atom stereocenters. The highest BCUT2D eigenvalue weighted by molar-refractivity contribution is 6.74. The van der Waals surface area contributed by atoms with E-state index in [0.29, 0.717) is 24.8 Å². The molecular weight excluding hydrogens is 382 g/mol. The molecule has 0 radical (unpaired) electrons. The molecule has 0 spiro atoms. The summed E-state index contributed by atoms with van der Waals surface area (Å²) in [5, 5.41) is 4.78. The molecule has 4 N–H and O–H groups in total. The van der Waals surface area contributed by atoms with Crippen molar-refractivity contribution in [2.45, 2.75) is 58.2 Å². The number of hydrogen-bond donors (Lipinski definition) is 3. The smallest absolute Gasteiger partial charge is 0.226 e. The van der Waals surface area contributed by atoms with E-state index in [-0.39, 0.29) is 10.9 Å². The molecule has 2 heterocycles. The summed E-state index contributed by atoms with van der Waals surface area (Å²) in [6.45, 7) is 11.9. The fourth-order valence-electron chi connectivity index (χ4n) is 2.98. The normalized spacial score (nSPS) is 12.6.